The summed E-state index contributed by atoms with van der Waals surface area (Å²) in [6.07, 6.45) is -4.96. The van der Waals surface area contributed by atoms with Gasteiger partial charge in [-0.05, 0) is 30.3 Å². The van der Waals surface area contributed by atoms with Gasteiger partial charge in [-0.3, -0.25) is 14.2 Å². The quantitative estimate of drug-likeness (QED) is 0.725. The van der Waals surface area contributed by atoms with Crippen LogP contribution in [0.3, 0.4) is 0 Å². The van der Waals surface area contributed by atoms with E-state index in [1.165, 1.54) is 42.5 Å². The molecule has 1 amide bonds. The molecule has 1 N–H and O–H groups in total. The highest BCUT2D eigenvalue weighted by molar-refractivity contribution is 5.91. The summed E-state index contributed by atoms with van der Waals surface area (Å²) in [4.78, 5) is 27.7. The van der Waals surface area contributed by atoms with Crippen LogP contribution in [0.5, 0.6) is 0 Å². The van der Waals surface area contributed by atoms with Crippen LogP contribution < -0.4 is 10.9 Å². The molecular formula is C17H11F4N3O2. The van der Waals surface area contributed by atoms with Crippen molar-refractivity contribution < 1.29 is 22.4 Å². The molecule has 0 aliphatic carbocycles. The van der Waals surface area contributed by atoms with E-state index in [-0.39, 0.29) is 16.7 Å². The second-order valence-corrected chi connectivity index (χ2v) is 5.40. The highest BCUT2D eigenvalue weighted by Gasteiger charge is 2.37. The molecule has 3 rings (SSSR count). The van der Waals surface area contributed by atoms with Gasteiger partial charge in [-0.15, -0.1) is 0 Å². The van der Waals surface area contributed by atoms with E-state index < -0.39 is 35.7 Å². The monoisotopic (exact) mass is 365 g/mol. The number of nitrogens with one attached hydrogen (secondary N) is 1. The van der Waals surface area contributed by atoms with E-state index in [1.807, 2.05) is 0 Å². The summed E-state index contributed by atoms with van der Waals surface area (Å²) in [5, 5.41) is 2.34. The molecule has 9 heteroatoms. The van der Waals surface area contributed by atoms with Gasteiger partial charge >= 0.3 is 6.18 Å². The van der Waals surface area contributed by atoms with Gasteiger partial charge in [0.1, 0.15) is 12.4 Å². The molecule has 1 aromatic heterocycles. The third-order valence-corrected chi connectivity index (χ3v) is 3.53. The Hall–Kier alpha value is -3.23. The number of anilines is 1. The minimum atomic E-state index is -4.96. The summed E-state index contributed by atoms with van der Waals surface area (Å²) in [5.74, 6) is -1.36. The van der Waals surface area contributed by atoms with Crippen LogP contribution in [-0.2, 0) is 17.5 Å². The van der Waals surface area contributed by atoms with Gasteiger partial charge in [0.15, 0.2) is 0 Å². The molecule has 0 fully saturated rings. The number of halogens is 4. The molecule has 0 unspecified atom stereocenters. The van der Waals surface area contributed by atoms with Crippen molar-refractivity contribution >= 4 is 22.6 Å². The first kappa shape index (κ1) is 17.6. The zero-order valence-electron chi connectivity index (χ0n) is 13.0. The lowest BCUT2D eigenvalue weighted by atomic mass is 10.2. The molecule has 0 aliphatic rings. The Morgan fingerprint density at radius 2 is 1.85 bits per heavy atom. The maximum Gasteiger partial charge on any atom is 0.438 e. The number of carbonyl (C=O) groups is 1. The molecule has 0 bridgehead atoms. The standard InChI is InChI=1S/C17H11F4N3O2/c18-10-4-3-5-11(8-10)22-14(25)9-24-13-7-2-1-6-12(13)23-15(16(24)26)17(19,20)21/h1-8H,9H2,(H,22,25). The van der Waals surface area contributed by atoms with Gasteiger partial charge in [0.05, 0.1) is 11.0 Å². The molecule has 3 aromatic rings. The van der Waals surface area contributed by atoms with E-state index in [9.17, 15) is 27.2 Å². The predicted octanol–water partition coefficient (Wildman–Crippen LogP) is 3.19. The molecule has 0 radical (unpaired) electrons. The van der Waals surface area contributed by atoms with Crippen LogP contribution in [0.1, 0.15) is 5.69 Å². The zero-order valence-corrected chi connectivity index (χ0v) is 13.0. The highest BCUT2D eigenvalue weighted by Crippen LogP contribution is 2.26. The number of rotatable bonds is 3. The van der Waals surface area contributed by atoms with Crippen molar-refractivity contribution in [3.8, 4) is 0 Å². The number of hydrogen-bond acceptors (Lipinski definition) is 3. The Labute approximate surface area is 143 Å². The minimum Gasteiger partial charge on any atom is -0.324 e. The lowest BCUT2D eigenvalue weighted by molar-refractivity contribution is -0.142. The summed E-state index contributed by atoms with van der Waals surface area (Å²) >= 11 is 0. The first-order chi connectivity index (χ1) is 12.3. The molecule has 0 atom stereocenters. The maximum absolute atomic E-state index is 13.2. The molecule has 0 spiro atoms. The van der Waals surface area contributed by atoms with Gasteiger partial charge in [0.25, 0.3) is 5.56 Å². The zero-order chi connectivity index (χ0) is 18.9. The van der Waals surface area contributed by atoms with E-state index in [2.05, 4.69) is 10.3 Å². The van der Waals surface area contributed by atoms with Gasteiger partial charge in [0.2, 0.25) is 11.6 Å². The number of hydrogen-bond donors (Lipinski definition) is 1. The highest BCUT2D eigenvalue weighted by atomic mass is 19.4. The van der Waals surface area contributed by atoms with E-state index in [0.717, 1.165) is 6.07 Å². The second-order valence-electron chi connectivity index (χ2n) is 5.40. The Bertz CT molecular complexity index is 1040. The molecule has 0 saturated carbocycles. The number of carbonyl (C=O) groups excluding carboxylic acids is 1. The van der Waals surface area contributed by atoms with E-state index in [0.29, 0.717) is 4.57 Å². The van der Waals surface area contributed by atoms with Crippen molar-refractivity contribution in [2.45, 2.75) is 12.7 Å². The fourth-order valence-corrected chi connectivity index (χ4v) is 2.44. The summed E-state index contributed by atoms with van der Waals surface area (Å²) in [6.45, 7) is -0.679. The largest absolute Gasteiger partial charge is 0.438 e. The van der Waals surface area contributed by atoms with Crippen LogP contribution in [0.4, 0.5) is 23.2 Å². The lowest BCUT2D eigenvalue weighted by Gasteiger charge is -2.13. The molecule has 26 heavy (non-hydrogen) atoms. The van der Waals surface area contributed by atoms with Gasteiger partial charge in [-0.25, -0.2) is 9.37 Å². The number of para-hydroxylation sites is 2. The number of aromatic nitrogens is 2. The van der Waals surface area contributed by atoms with E-state index >= 15 is 0 Å². The second kappa shape index (κ2) is 6.58. The average Bonchev–Trinajstić information content (AvgIpc) is 2.56. The van der Waals surface area contributed by atoms with Crippen LogP contribution in [0, 0.1) is 5.82 Å². The third-order valence-electron chi connectivity index (χ3n) is 3.53. The summed E-state index contributed by atoms with van der Waals surface area (Å²) in [5.41, 5.74) is -2.89. The lowest BCUT2D eigenvalue weighted by Crippen LogP contribution is -2.34. The number of amides is 1. The first-order valence-electron chi connectivity index (χ1n) is 7.38. The van der Waals surface area contributed by atoms with Crippen molar-refractivity contribution in [1.82, 2.24) is 9.55 Å². The molecule has 1 heterocycles. The smallest absolute Gasteiger partial charge is 0.324 e. The Morgan fingerprint density at radius 1 is 1.12 bits per heavy atom. The SMILES string of the molecule is O=C(Cn1c(=O)c(C(F)(F)F)nc2ccccc21)Nc1cccc(F)c1. The third kappa shape index (κ3) is 3.56. The van der Waals surface area contributed by atoms with Crippen LogP contribution in [0.15, 0.2) is 53.3 Å². The van der Waals surface area contributed by atoms with Crippen LogP contribution in [-0.4, -0.2) is 15.5 Å². The molecule has 5 nitrogen and oxygen atoms in total. The molecule has 2 aromatic carbocycles. The van der Waals surface area contributed by atoms with Crippen molar-refractivity contribution in [2.75, 3.05) is 5.32 Å². The molecule has 0 saturated heterocycles. The van der Waals surface area contributed by atoms with Gasteiger partial charge in [-0.2, -0.15) is 13.2 Å². The normalized spacial score (nSPS) is 11.5. The average molecular weight is 365 g/mol. The number of alkyl halides is 3. The Balaban J connectivity index is 2.02. The molecular weight excluding hydrogens is 354 g/mol. The predicted molar refractivity (Wildman–Crippen MR) is 86.0 cm³/mol. The van der Waals surface area contributed by atoms with Crippen LogP contribution in [0.25, 0.3) is 11.0 Å². The first-order valence-corrected chi connectivity index (χ1v) is 7.38. The van der Waals surface area contributed by atoms with Crippen molar-refractivity contribution in [3.63, 3.8) is 0 Å². The number of benzene rings is 2. The summed E-state index contributed by atoms with van der Waals surface area (Å²) in [7, 11) is 0. The van der Waals surface area contributed by atoms with E-state index in [1.54, 1.807) is 0 Å². The van der Waals surface area contributed by atoms with Crippen LogP contribution >= 0.6 is 0 Å². The summed E-state index contributed by atoms with van der Waals surface area (Å²) < 4.78 is 53.1. The maximum atomic E-state index is 13.2. The number of fused-ring (bicyclic) bond motifs is 1. The summed E-state index contributed by atoms with van der Waals surface area (Å²) in [6, 6.07) is 10.7. The molecule has 0 aliphatic heterocycles. The number of nitrogens with zero attached hydrogens (tertiary/aromatic N) is 2. The van der Waals surface area contributed by atoms with E-state index in [4.69, 9.17) is 0 Å². The topological polar surface area (TPSA) is 64.0 Å². The Kier molecular flexibility index (Phi) is 4.45. The van der Waals surface area contributed by atoms with Gasteiger partial charge in [-0.1, -0.05) is 18.2 Å². The van der Waals surface area contributed by atoms with Crippen molar-refractivity contribution in [3.05, 3.63) is 70.4 Å². The van der Waals surface area contributed by atoms with Gasteiger partial charge < -0.3 is 5.32 Å². The molecule has 134 valence electrons. The van der Waals surface area contributed by atoms with Crippen molar-refractivity contribution in [1.29, 1.82) is 0 Å². The van der Waals surface area contributed by atoms with Crippen LogP contribution in [0.2, 0.25) is 0 Å². The van der Waals surface area contributed by atoms with Gasteiger partial charge in [0, 0.05) is 5.69 Å². The fraction of sp³-hybridized carbons (Fsp3) is 0.118. The Morgan fingerprint density at radius 3 is 2.54 bits per heavy atom. The van der Waals surface area contributed by atoms with Crippen molar-refractivity contribution in [2.24, 2.45) is 0 Å². The minimum absolute atomic E-state index is 0.0713. The fourth-order valence-electron chi connectivity index (χ4n) is 2.44.